The first-order chi connectivity index (χ1) is 15.6. The molecule has 1 aromatic heterocycles. The van der Waals surface area contributed by atoms with E-state index in [1.807, 2.05) is 36.4 Å². The van der Waals surface area contributed by atoms with Crippen LogP contribution in [0.3, 0.4) is 0 Å². The van der Waals surface area contributed by atoms with Gasteiger partial charge in [0.05, 0.1) is 11.4 Å². The summed E-state index contributed by atoms with van der Waals surface area (Å²) in [6, 6.07) is 17.5. The van der Waals surface area contributed by atoms with E-state index in [9.17, 15) is 4.79 Å². The Morgan fingerprint density at radius 1 is 1.09 bits per heavy atom. The smallest absolute Gasteiger partial charge is 0.238 e. The number of carbonyl (C=O) groups is 1. The van der Waals surface area contributed by atoms with Crippen LogP contribution in [0.5, 0.6) is 0 Å². The van der Waals surface area contributed by atoms with Crippen molar-refractivity contribution in [2.75, 3.05) is 49.2 Å². The number of carbonyl (C=O) groups excluding carboxylic acids is 1. The molecule has 7 heteroatoms. The summed E-state index contributed by atoms with van der Waals surface area (Å²) in [7, 11) is 2.15. The van der Waals surface area contributed by atoms with Crippen molar-refractivity contribution in [2.45, 2.75) is 5.92 Å². The van der Waals surface area contributed by atoms with Gasteiger partial charge in [0.15, 0.2) is 0 Å². The number of aliphatic imine (C=N–C) groups is 1. The average molecular weight is 427 g/mol. The molecule has 1 atom stereocenters. The lowest BCUT2D eigenvalue weighted by Crippen LogP contribution is -2.44. The third-order valence-corrected chi connectivity index (χ3v) is 6.11. The van der Waals surface area contributed by atoms with Crippen LogP contribution in [0.1, 0.15) is 17.0 Å². The van der Waals surface area contributed by atoms with Gasteiger partial charge in [-0.3, -0.25) is 14.8 Å². The Hall–Kier alpha value is -3.71. The second-order valence-electron chi connectivity index (χ2n) is 8.31. The zero-order chi connectivity index (χ0) is 22.1. The topological polar surface area (TPSA) is 86.8 Å². The van der Waals surface area contributed by atoms with Crippen LogP contribution in [0.4, 0.5) is 22.7 Å². The highest BCUT2D eigenvalue weighted by Gasteiger charge is 2.35. The van der Waals surface area contributed by atoms with Crippen molar-refractivity contribution in [1.82, 2.24) is 9.88 Å². The lowest BCUT2D eigenvalue weighted by molar-refractivity contribution is -0.115. The predicted molar refractivity (Wildman–Crippen MR) is 129 cm³/mol. The molecule has 32 heavy (non-hydrogen) atoms. The average Bonchev–Trinajstić information content (AvgIpc) is 3.13. The summed E-state index contributed by atoms with van der Waals surface area (Å²) in [5, 5.41) is 2.95. The maximum Gasteiger partial charge on any atom is 0.238 e. The van der Waals surface area contributed by atoms with Crippen molar-refractivity contribution in [3.05, 3.63) is 78.1 Å². The fourth-order valence-electron chi connectivity index (χ4n) is 4.30. The largest absolute Gasteiger partial charge is 0.399 e. The Bertz CT molecular complexity index is 1150. The van der Waals surface area contributed by atoms with Crippen molar-refractivity contribution >= 4 is 34.4 Å². The summed E-state index contributed by atoms with van der Waals surface area (Å²) in [4.78, 5) is 26.9. The minimum Gasteiger partial charge on any atom is -0.399 e. The number of hydrogen-bond donors (Lipinski definition) is 2. The fraction of sp³-hybridized carbons (Fsp3) is 0.240. The molecule has 0 radical (unpaired) electrons. The summed E-state index contributed by atoms with van der Waals surface area (Å²) in [5.74, 6) is -0.630. The third kappa shape index (κ3) is 3.94. The van der Waals surface area contributed by atoms with Gasteiger partial charge in [0.1, 0.15) is 5.92 Å². The molecule has 1 unspecified atom stereocenters. The molecule has 3 N–H and O–H groups in total. The molecule has 2 aromatic carbocycles. The van der Waals surface area contributed by atoms with E-state index in [2.05, 4.69) is 39.3 Å². The van der Waals surface area contributed by atoms with Crippen molar-refractivity contribution in [1.29, 1.82) is 0 Å². The lowest BCUT2D eigenvalue weighted by Gasteiger charge is -2.34. The van der Waals surface area contributed by atoms with Crippen LogP contribution in [0.2, 0.25) is 0 Å². The standard InChI is InChI=1S/C25H26N6O/c1-30-11-13-31(14-12-30)20-7-5-19(6-8-20)28-24(17-3-2-10-27-16-17)23-21-9-4-18(26)15-22(21)29-25(23)32/h2-10,15-16,23H,11-14,26H2,1H3,(H,29,32). The highest BCUT2D eigenvalue weighted by Crippen LogP contribution is 2.37. The lowest BCUT2D eigenvalue weighted by atomic mass is 9.91. The highest BCUT2D eigenvalue weighted by atomic mass is 16.2. The van der Waals surface area contributed by atoms with Gasteiger partial charge in [-0.25, -0.2) is 0 Å². The molecule has 0 saturated carbocycles. The molecule has 0 spiro atoms. The monoisotopic (exact) mass is 426 g/mol. The van der Waals surface area contributed by atoms with E-state index >= 15 is 0 Å². The Kier molecular flexibility index (Phi) is 5.33. The number of hydrogen-bond acceptors (Lipinski definition) is 6. The number of benzene rings is 2. The molecule has 162 valence electrons. The maximum absolute atomic E-state index is 13.0. The number of nitrogens with zero attached hydrogens (tertiary/aromatic N) is 4. The van der Waals surface area contributed by atoms with Crippen LogP contribution >= 0.6 is 0 Å². The molecule has 3 aromatic rings. The van der Waals surface area contributed by atoms with E-state index in [-0.39, 0.29) is 5.91 Å². The fourth-order valence-corrected chi connectivity index (χ4v) is 4.30. The second-order valence-corrected chi connectivity index (χ2v) is 8.31. The van der Waals surface area contributed by atoms with Crippen LogP contribution < -0.4 is 16.0 Å². The first-order valence-corrected chi connectivity index (χ1v) is 10.8. The number of amides is 1. The summed E-state index contributed by atoms with van der Waals surface area (Å²) in [6.45, 7) is 4.15. The molecule has 3 heterocycles. The van der Waals surface area contributed by atoms with Crippen molar-refractivity contribution < 1.29 is 4.79 Å². The zero-order valence-corrected chi connectivity index (χ0v) is 18.0. The van der Waals surface area contributed by atoms with Crippen LogP contribution in [0, 0.1) is 0 Å². The molecule has 1 fully saturated rings. The summed E-state index contributed by atoms with van der Waals surface area (Å²) in [6.07, 6.45) is 3.47. The Morgan fingerprint density at radius 3 is 2.59 bits per heavy atom. The SMILES string of the molecule is CN1CCN(c2ccc(N=C(c3cccnc3)C3C(=O)Nc4cc(N)ccc43)cc2)CC1. The van der Waals surface area contributed by atoms with Crippen LogP contribution in [0.15, 0.2) is 72.0 Å². The number of aromatic nitrogens is 1. The second kappa shape index (κ2) is 8.43. The Morgan fingerprint density at radius 2 is 1.88 bits per heavy atom. The van der Waals surface area contributed by atoms with Gasteiger partial charge in [-0.2, -0.15) is 0 Å². The molecule has 2 aliphatic rings. The van der Waals surface area contributed by atoms with Crippen LogP contribution in [-0.2, 0) is 4.79 Å². The van der Waals surface area contributed by atoms with Gasteiger partial charge in [0.25, 0.3) is 0 Å². The molecular weight excluding hydrogens is 400 g/mol. The van der Waals surface area contributed by atoms with Gasteiger partial charge >= 0.3 is 0 Å². The van der Waals surface area contributed by atoms with E-state index in [1.165, 1.54) is 5.69 Å². The number of pyridine rings is 1. The number of nitrogens with two attached hydrogens (primary N) is 1. The molecule has 1 saturated heterocycles. The van der Waals surface area contributed by atoms with Crippen molar-refractivity contribution in [2.24, 2.45) is 4.99 Å². The van der Waals surface area contributed by atoms with Gasteiger partial charge in [-0.05, 0) is 55.1 Å². The van der Waals surface area contributed by atoms with Gasteiger partial charge in [0, 0.05) is 61.2 Å². The van der Waals surface area contributed by atoms with Crippen LogP contribution in [0.25, 0.3) is 0 Å². The number of anilines is 3. The normalized spacial score (nSPS) is 19.0. The van der Waals surface area contributed by atoms with Gasteiger partial charge in [-0.1, -0.05) is 12.1 Å². The number of piperazine rings is 1. The van der Waals surface area contributed by atoms with Crippen molar-refractivity contribution in [3.63, 3.8) is 0 Å². The first kappa shape index (κ1) is 20.2. The molecule has 0 bridgehead atoms. The van der Waals surface area contributed by atoms with Crippen LogP contribution in [-0.4, -0.2) is 54.7 Å². The molecule has 5 rings (SSSR count). The van der Waals surface area contributed by atoms with E-state index in [4.69, 9.17) is 10.7 Å². The minimum atomic E-state index is -0.521. The minimum absolute atomic E-state index is 0.109. The van der Waals surface area contributed by atoms with Gasteiger partial charge in [0.2, 0.25) is 5.91 Å². The Balaban J connectivity index is 1.51. The van der Waals surface area contributed by atoms with E-state index in [1.54, 1.807) is 18.5 Å². The molecule has 0 aliphatic carbocycles. The summed E-state index contributed by atoms with van der Waals surface area (Å²) >= 11 is 0. The number of rotatable bonds is 4. The molecule has 2 aliphatic heterocycles. The number of fused-ring (bicyclic) bond motifs is 1. The quantitative estimate of drug-likeness (QED) is 0.494. The number of likely N-dealkylation sites (N-methyl/N-ethyl adjacent to an activating group) is 1. The summed E-state index contributed by atoms with van der Waals surface area (Å²) < 4.78 is 0. The Labute approximate surface area is 187 Å². The third-order valence-electron chi connectivity index (χ3n) is 6.11. The van der Waals surface area contributed by atoms with Gasteiger partial charge < -0.3 is 20.9 Å². The number of nitrogens with one attached hydrogen (secondary N) is 1. The highest BCUT2D eigenvalue weighted by molar-refractivity contribution is 6.24. The van der Waals surface area contributed by atoms with E-state index < -0.39 is 5.92 Å². The van der Waals surface area contributed by atoms with E-state index in [0.29, 0.717) is 11.4 Å². The molecule has 7 nitrogen and oxygen atoms in total. The molecule has 1 amide bonds. The first-order valence-electron chi connectivity index (χ1n) is 10.8. The summed E-state index contributed by atoms with van der Waals surface area (Å²) in [5.41, 5.74) is 11.6. The predicted octanol–water partition coefficient (Wildman–Crippen LogP) is 3.27. The zero-order valence-electron chi connectivity index (χ0n) is 18.0. The molecular formula is C25H26N6O. The maximum atomic E-state index is 13.0. The van der Waals surface area contributed by atoms with Crippen molar-refractivity contribution in [3.8, 4) is 0 Å². The van der Waals surface area contributed by atoms with Gasteiger partial charge in [-0.15, -0.1) is 0 Å². The van der Waals surface area contributed by atoms with E-state index in [0.717, 1.165) is 48.7 Å². The number of nitrogen functional groups attached to an aromatic ring is 1.